The van der Waals surface area contributed by atoms with Crippen LogP contribution in [0.5, 0.6) is 0 Å². The van der Waals surface area contributed by atoms with Crippen LogP contribution in [0.1, 0.15) is 20.7 Å². The zero-order valence-electron chi connectivity index (χ0n) is 9.84. The SMILES string of the molecule is O=Cc1c[nH]c(=O)c2nc3c(C=O)c[nH]c(=O)c3nc12. The number of aromatic amines is 2. The number of nitrogens with zero attached hydrogens (tertiary/aromatic N) is 2. The lowest BCUT2D eigenvalue weighted by Gasteiger charge is -2.03. The van der Waals surface area contributed by atoms with Crippen molar-refractivity contribution in [3.63, 3.8) is 0 Å². The van der Waals surface area contributed by atoms with Crippen molar-refractivity contribution >= 4 is 34.6 Å². The van der Waals surface area contributed by atoms with Gasteiger partial charge < -0.3 is 9.97 Å². The van der Waals surface area contributed by atoms with Crippen molar-refractivity contribution in [2.24, 2.45) is 0 Å². The summed E-state index contributed by atoms with van der Waals surface area (Å²) in [5.74, 6) is 0. The Kier molecular flexibility index (Phi) is 2.50. The smallest absolute Gasteiger partial charge is 0.276 e. The molecule has 0 aliphatic rings. The van der Waals surface area contributed by atoms with Crippen LogP contribution >= 0.6 is 0 Å². The van der Waals surface area contributed by atoms with E-state index in [4.69, 9.17) is 0 Å². The summed E-state index contributed by atoms with van der Waals surface area (Å²) in [4.78, 5) is 58.0. The summed E-state index contributed by atoms with van der Waals surface area (Å²) >= 11 is 0. The average molecular weight is 270 g/mol. The summed E-state index contributed by atoms with van der Waals surface area (Å²) in [5, 5.41) is 0. The van der Waals surface area contributed by atoms with Gasteiger partial charge in [-0.3, -0.25) is 19.2 Å². The van der Waals surface area contributed by atoms with Gasteiger partial charge in [0, 0.05) is 12.4 Å². The molecule has 0 aliphatic heterocycles. The summed E-state index contributed by atoms with van der Waals surface area (Å²) in [6, 6.07) is 0. The molecule has 0 fully saturated rings. The fourth-order valence-corrected chi connectivity index (χ4v) is 1.89. The zero-order chi connectivity index (χ0) is 14.3. The maximum atomic E-state index is 11.7. The summed E-state index contributed by atoms with van der Waals surface area (Å²) in [7, 11) is 0. The summed E-state index contributed by atoms with van der Waals surface area (Å²) < 4.78 is 0. The molecular weight excluding hydrogens is 264 g/mol. The molecule has 0 aliphatic carbocycles. The Morgan fingerprint density at radius 2 is 1.15 bits per heavy atom. The molecule has 0 amide bonds. The number of aromatic nitrogens is 4. The topological polar surface area (TPSA) is 126 Å². The standard InChI is InChI=1S/C12H6N4O4/c17-3-5-1-13-11(19)9-7(5)15-10-8(16-9)6(4-18)2-14-12(10)20/h1-4H,(H,13,19)(H,14,20). The molecule has 3 aromatic heterocycles. The molecule has 3 rings (SSSR count). The molecule has 2 N–H and O–H groups in total. The number of nitrogens with one attached hydrogen (secondary N) is 2. The molecule has 0 atom stereocenters. The van der Waals surface area contributed by atoms with E-state index in [0.717, 1.165) is 0 Å². The fraction of sp³-hybridized carbons (Fsp3) is 0. The number of rotatable bonds is 2. The van der Waals surface area contributed by atoms with Crippen molar-refractivity contribution < 1.29 is 9.59 Å². The van der Waals surface area contributed by atoms with Crippen molar-refractivity contribution in [1.82, 2.24) is 19.9 Å². The minimum Gasteiger partial charge on any atom is -0.326 e. The van der Waals surface area contributed by atoms with Gasteiger partial charge in [0.15, 0.2) is 23.6 Å². The van der Waals surface area contributed by atoms with Gasteiger partial charge in [-0.2, -0.15) is 0 Å². The Labute approximate surface area is 109 Å². The Balaban J connectivity index is 2.66. The van der Waals surface area contributed by atoms with Crippen molar-refractivity contribution in [3.05, 3.63) is 44.2 Å². The van der Waals surface area contributed by atoms with Crippen LogP contribution < -0.4 is 11.1 Å². The van der Waals surface area contributed by atoms with Crippen molar-refractivity contribution in [1.29, 1.82) is 0 Å². The molecule has 3 aromatic rings. The van der Waals surface area contributed by atoms with Gasteiger partial charge in [-0.05, 0) is 0 Å². The first-order valence-corrected chi connectivity index (χ1v) is 5.51. The second-order valence-electron chi connectivity index (χ2n) is 4.00. The molecule has 0 saturated heterocycles. The number of hydrogen-bond acceptors (Lipinski definition) is 6. The van der Waals surface area contributed by atoms with Crippen molar-refractivity contribution in [2.75, 3.05) is 0 Å². The number of pyridine rings is 2. The van der Waals surface area contributed by atoms with Gasteiger partial charge in [0.1, 0.15) is 11.0 Å². The van der Waals surface area contributed by atoms with Gasteiger partial charge in [0.05, 0.1) is 11.1 Å². The molecule has 98 valence electrons. The van der Waals surface area contributed by atoms with E-state index < -0.39 is 11.1 Å². The van der Waals surface area contributed by atoms with Gasteiger partial charge in [-0.15, -0.1) is 0 Å². The van der Waals surface area contributed by atoms with Gasteiger partial charge in [-0.25, -0.2) is 9.97 Å². The second-order valence-corrected chi connectivity index (χ2v) is 4.00. The predicted octanol–water partition coefficient (Wildman–Crippen LogP) is -0.215. The maximum absolute atomic E-state index is 11.7. The summed E-state index contributed by atoms with van der Waals surface area (Å²) in [5.41, 5.74) is -1.08. The first-order valence-electron chi connectivity index (χ1n) is 5.51. The van der Waals surface area contributed by atoms with Crippen molar-refractivity contribution in [3.8, 4) is 0 Å². The number of hydrogen-bond donors (Lipinski definition) is 2. The Morgan fingerprint density at radius 1 is 0.750 bits per heavy atom. The largest absolute Gasteiger partial charge is 0.326 e. The van der Waals surface area contributed by atoms with Crippen LogP contribution in [-0.4, -0.2) is 32.5 Å². The molecule has 0 unspecified atom stereocenters. The Hall–Kier alpha value is -3.16. The molecule has 3 heterocycles. The lowest BCUT2D eigenvalue weighted by atomic mass is 10.2. The molecule has 0 saturated carbocycles. The van der Waals surface area contributed by atoms with Crippen LogP contribution in [0.15, 0.2) is 22.0 Å². The average Bonchev–Trinajstić information content (AvgIpc) is 2.47. The molecule has 8 heteroatoms. The fourth-order valence-electron chi connectivity index (χ4n) is 1.89. The maximum Gasteiger partial charge on any atom is 0.276 e. The van der Waals surface area contributed by atoms with Crippen LogP contribution in [0.2, 0.25) is 0 Å². The highest BCUT2D eigenvalue weighted by atomic mass is 16.1. The quantitative estimate of drug-likeness (QED) is 0.490. The van der Waals surface area contributed by atoms with Crippen LogP contribution in [-0.2, 0) is 0 Å². The van der Waals surface area contributed by atoms with Crippen LogP contribution in [0.4, 0.5) is 0 Å². The number of aldehydes is 2. The van der Waals surface area contributed by atoms with Gasteiger partial charge in [-0.1, -0.05) is 0 Å². The molecule has 0 bridgehead atoms. The Morgan fingerprint density at radius 3 is 1.50 bits per heavy atom. The van der Waals surface area contributed by atoms with Gasteiger partial charge in [0.2, 0.25) is 0 Å². The highest BCUT2D eigenvalue weighted by Gasteiger charge is 2.13. The Bertz CT molecular complexity index is 905. The molecule has 0 spiro atoms. The molecule has 0 radical (unpaired) electrons. The number of carbonyl (C=O) groups excluding carboxylic acids is 2. The number of fused-ring (bicyclic) bond motifs is 2. The third kappa shape index (κ3) is 1.55. The normalized spacial score (nSPS) is 10.8. The van der Waals surface area contributed by atoms with Gasteiger partial charge >= 0.3 is 0 Å². The highest BCUT2D eigenvalue weighted by molar-refractivity contribution is 6.00. The highest BCUT2D eigenvalue weighted by Crippen LogP contribution is 2.14. The van der Waals surface area contributed by atoms with E-state index in [-0.39, 0.29) is 33.2 Å². The molecule has 8 nitrogen and oxygen atoms in total. The number of H-pyrrole nitrogens is 2. The van der Waals surface area contributed by atoms with E-state index in [1.807, 2.05) is 0 Å². The van der Waals surface area contributed by atoms with Gasteiger partial charge in [0.25, 0.3) is 11.1 Å². The minimum atomic E-state index is -0.558. The lowest BCUT2D eigenvalue weighted by molar-refractivity contribution is 0.111. The van der Waals surface area contributed by atoms with E-state index >= 15 is 0 Å². The third-order valence-electron chi connectivity index (χ3n) is 2.84. The monoisotopic (exact) mass is 270 g/mol. The first-order chi connectivity index (χ1) is 9.65. The lowest BCUT2D eigenvalue weighted by Crippen LogP contribution is -2.15. The van der Waals surface area contributed by atoms with E-state index in [1.165, 1.54) is 12.4 Å². The van der Waals surface area contributed by atoms with E-state index in [0.29, 0.717) is 12.6 Å². The first kappa shape index (κ1) is 11.9. The van der Waals surface area contributed by atoms with E-state index in [9.17, 15) is 19.2 Å². The zero-order valence-corrected chi connectivity index (χ0v) is 9.84. The second kappa shape index (κ2) is 4.19. The van der Waals surface area contributed by atoms with E-state index in [2.05, 4.69) is 19.9 Å². The summed E-state index contributed by atoms with van der Waals surface area (Å²) in [6.07, 6.45) is 3.37. The van der Waals surface area contributed by atoms with Crippen LogP contribution in [0.25, 0.3) is 22.1 Å². The molecular formula is C12H6N4O4. The molecule has 0 aromatic carbocycles. The van der Waals surface area contributed by atoms with E-state index in [1.54, 1.807) is 0 Å². The minimum absolute atomic E-state index is 0.0183. The van der Waals surface area contributed by atoms with Crippen LogP contribution in [0, 0.1) is 0 Å². The summed E-state index contributed by atoms with van der Waals surface area (Å²) in [6.45, 7) is 0. The predicted molar refractivity (Wildman–Crippen MR) is 69.1 cm³/mol. The van der Waals surface area contributed by atoms with Crippen LogP contribution in [0.3, 0.4) is 0 Å². The van der Waals surface area contributed by atoms with Crippen molar-refractivity contribution in [2.45, 2.75) is 0 Å². The number of carbonyl (C=O) groups is 2. The molecule has 20 heavy (non-hydrogen) atoms. The third-order valence-corrected chi connectivity index (χ3v) is 2.84.